The van der Waals surface area contributed by atoms with Crippen LogP contribution in [0.15, 0.2) is 41.8 Å². The topological polar surface area (TPSA) is 32.3 Å². The molecule has 110 valence electrons. The van der Waals surface area contributed by atoms with Gasteiger partial charge in [0.25, 0.3) is 0 Å². The van der Waals surface area contributed by atoms with E-state index < -0.39 is 0 Å². The van der Waals surface area contributed by atoms with Crippen LogP contribution >= 0.6 is 11.3 Å². The Hall–Kier alpha value is -1.81. The van der Waals surface area contributed by atoms with Gasteiger partial charge in [-0.3, -0.25) is 4.79 Å². The molecule has 1 N–H and O–H groups in total. The molecule has 1 unspecified atom stereocenters. The summed E-state index contributed by atoms with van der Waals surface area (Å²) in [5.41, 5.74) is 2.11. The Bertz CT molecular complexity index is 592. The maximum Gasteiger partial charge on any atom is 0.227 e. The van der Waals surface area contributed by atoms with E-state index in [0.717, 1.165) is 30.8 Å². The van der Waals surface area contributed by atoms with Crippen LogP contribution in [-0.4, -0.2) is 12.5 Å². The molecule has 0 spiro atoms. The molecule has 2 aromatic rings. The summed E-state index contributed by atoms with van der Waals surface area (Å²) >= 11 is 1.78. The molecule has 3 nitrogen and oxygen atoms in total. The zero-order chi connectivity index (χ0) is 14.7. The molecule has 1 atom stereocenters. The van der Waals surface area contributed by atoms with Gasteiger partial charge in [0.15, 0.2) is 0 Å². The first kappa shape index (κ1) is 14.1. The lowest BCUT2D eigenvalue weighted by Gasteiger charge is -2.19. The number of hydrogen-bond donors (Lipinski definition) is 1. The van der Waals surface area contributed by atoms with Gasteiger partial charge in [-0.05, 0) is 48.6 Å². The molecule has 1 aliphatic rings. The van der Waals surface area contributed by atoms with Crippen molar-refractivity contribution in [2.24, 2.45) is 0 Å². The second-order valence-corrected chi connectivity index (χ2v) is 6.30. The summed E-state index contributed by atoms with van der Waals surface area (Å²) < 4.78 is 0. The summed E-state index contributed by atoms with van der Waals surface area (Å²) in [7, 11) is 0. The molecule has 21 heavy (non-hydrogen) atoms. The van der Waals surface area contributed by atoms with Crippen molar-refractivity contribution in [3.63, 3.8) is 0 Å². The van der Waals surface area contributed by atoms with E-state index in [1.54, 1.807) is 11.3 Å². The number of hydrogen-bond acceptors (Lipinski definition) is 3. The van der Waals surface area contributed by atoms with E-state index >= 15 is 0 Å². The Morgan fingerprint density at radius 1 is 1.29 bits per heavy atom. The van der Waals surface area contributed by atoms with Crippen molar-refractivity contribution in [3.8, 4) is 0 Å². The molecule has 0 aliphatic carbocycles. The standard InChI is InChI=1S/C17H20N2OS/c1-2-15(16-5-4-12-21-16)18-13-7-9-14(10-8-13)19-11-3-6-17(19)20/h4-5,7-10,12,15,18H,2-3,6,11H2,1H3. The fourth-order valence-corrected chi connectivity index (χ4v) is 3.59. The largest absolute Gasteiger partial charge is 0.377 e. The summed E-state index contributed by atoms with van der Waals surface area (Å²) in [6.07, 6.45) is 2.69. The van der Waals surface area contributed by atoms with E-state index in [2.05, 4.69) is 41.9 Å². The Morgan fingerprint density at radius 2 is 2.10 bits per heavy atom. The SMILES string of the molecule is CCC(Nc1ccc(N2CCCC2=O)cc1)c1cccs1. The number of rotatable bonds is 5. The van der Waals surface area contributed by atoms with Gasteiger partial charge < -0.3 is 10.2 Å². The number of thiophene rings is 1. The van der Waals surface area contributed by atoms with Gasteiger partial charge in [0.2, 0.25) is 5.91 Å². The summed E-state index contributed by atoms with van der Waals surface area (Å²) in [6.45, 7) is 3.03. The molecule has 0 saturated carbocycles. The fraction of sp³-hybridized carbons (Fsp3) is 0.353. The van der Waals surface area contributed by atoms with E-state index in [0.29, 0.717) is 12.5 Å². The van der Waals surface area contributed by atoms with Gasteiger partial charge >= 0.3 is 0 Å². The van der Waals surface area contributed by atoms with Crippen molar-refractivity contribution in [2.75, 3.05) is 16.8 Å². The van der Waals surface area contributed by atoms with Crippen molar-refractivity contribution >= 4 is 28.6 Å². The average Bonchev–Trinajstić information content (AvgIpc) is 3.17. The van der Waals surface area contributed by atoms with Crippen LogP contribution in [0.3, 0.4) is 0 Å². The number of benzene rings is 1. The van der Waals surface area contributed by atoms with Crippen LogP contribution in [0.1, 0.15) is 37.1 Å². The Labute approximate surface area is 129 Å². The Morgan fingerprint density at radius 3 is 2.67 bits per heavy atom. The molecule has 3 rings (SSSR count). The first-order valence-corrected chi connectivity index (χ1v) is 8.36. The second kappa shape index (κ2) is 6.31. The molecular weight excluding hydrogens is 280 g/mol. The van der Waals surface area contributed by atoms with E-state index in [4.69, 9.17) is 0 Å². The van der Waals surface area contributed by atoms with Gasteiger partial charge in [0, 0.05) is 29.2 Å². The number of nitrogens with one attached hydrogen (secondary N) is 1. The van der Waals surface area contributed by atoms with Gasteiger partial charge in [0.1, 0.15) is 0 Å². The van der Waals surface area contributed by atoms with Crippen molar-refractivity contribution < 1.29 is 4.79 Å². The van der Waals surface area contributed by atoms with Gasteiger partial charge in [-0.2, -0.15) is 0 Å². The molecule has 0 bridgehead atoms. The smallest absolute Gasteiger partial charge is 0.227 e. The Kier molecular flexibility index (Phi) is 4.25. The highest BCUT2D eigenvalue weighted by molar-refractivity contribution is 7.10. The molecule has 1 aliphatic heterocycles. The molecule has 4 heteroatoms. The minimum absolute atomic E-state index is 0.237. The minimum Gasteiger partial charge on any atom is -0.377 e. The predicted molar refractivity (Wildman–Crippen MR) is 89.0 cm³/mol. The molecular formula is C17H20N2OS. The van der Waals surface area contributed by atoms with Crippen LogP contribution in [0.5, 0.6) is 0 Å². The maximum absolute atomic E-state index is 11.8. The Balaban J connectivity index is 1.70. The zero-order valence-electron chi connectivity index (χ0n) is 12.2. The first-order valence-electron chi connectivity index (χ1n) is 7.48. The van der Waals surface area contributed by atoms with Gasteiger partial charge in [0.05, 0.1) is 6.04 Å². The summed E-state index contributed by atoms with van der Waals surface area (Å²) in [6, 6.07) is 12.8. The molecule has 1 aromatic carbocycles. The number of carbonyl (C=O) groups is 1. The minimum atomic E-state index is 0.237. The number of anilines is 2. The normalized spacial score (nSPS) is 16.2. The van der Waals surface area contributed by atoms with Crippen molar-refractivity contribution in [1.29, 1.82) is 0 Å². The first-order chi connectivity index (χ1) is 10.3. The van der Waals surface area contributed by atoms with Crippen molar-refractivity contribution in [1.82, 2.24) is 0 Å². The monoisotopic (exact) mass is 300 g/mol. The highest BCUT2D eigenvalue weighted by Crippen LogP contribution is 2.28. The van der Waals surface area contributed by atoms with Crippen LogP contribution in [0, 0.1) is 0 Å². The van der Waals surface area contributed by atoms with E-state index in [1.807, 2.05) is 17.0 Å². The number of nitrogens with zero attached hydrogens (tertiary/aromatic N) is 1. The van der Waals surface area contributed by atoms with Crippen LogP contribution in [0.25, 0.3) is 0 Å². The lowest BCUT2D eigenvalue weighted by atomic mass is 10.1. The van der Waals surface area contributed by atoms with Crippen molar-refractivity contribution in [3.05, 3.63) is 46.7 Å². The van der Waals surface area contributed by atoms with E-state index in [9.17, 15) is 4.79 Å². The zero-order valence-corrected chi connectivity index (χ0v) is 13.0. The summed E-state index contributed by atoms with van der Waals surface area (Å²) in [4.78, 5) is 15.0. The lowest BCUT2D eigenvalue weighted by molar-refractivity contribution is -0.117. The third-order valence-electron chi connectivity index (χ3n) is 3.89. The highest BCUT2D eigenvalue weighted by Gasteiger charge is 2.21. The van der Waals surface area contributed by atoms with E-state index in [-0.39, 0.29) is 5.91 Å². The summed E-state index contributed by atoms with van der Waals surface area (Å²) in [5, 5.41) is 5.68. The van der Waals surface area contributed by atoms with Crippen LogP contribution in [0.2, 0.25) is 0 Å². The number of amides is 1. The van der Waals surface area contributed by atoms with Crippen LogP contribution in [0.4, 0.5) is 11.4 Å². The molecule has 1 fully saturated rings. The van der Waals surface area contributed by atoms with Gasteiger partial charge in [-0.1, -0.05) is 13.0 Å². The number of carbonyl (C=O) groups excluding carboxylic acids is 1. The average molecular weight is 300 g/mol. The van der Waals surface area contributed by atoms with Gasteiger partial charge in [-0.15, -0.1) is 11.3 Å². The lowest BCUT2D eigenvalue weighted by Crippen LogP contribution is -2.23. The third-order valence-corrected chi connectivity index (χ3v) is 4.87. The fourth-order valence-electron chi connectivity index (χ4n) is 2.72. The molecule has 1 aromatic heterocycles. The van der Waals surface area contributed by atoms with Crippen LogP contribution < -0.4 is 10.2 Å². The van der Waals surface area contributed by atoms with Crippen LogP contribution in [-0.2, 0) is 4.79 Å². The molecule has 1 amide bonds. The maximum atomic E-state index is 11.8. The summed E-state index contributed by atoms with van der Waals surface area (Å²) in [5.74, 6) is 0.237. The highest BCUT2D eigenvalue weighted by atomic mass is 32.1. The molecule has 1 saturated heterocycles. The quantitative estimate of drug-likeness (QED) is 0.885. The third kappa shape index (κ3) is 3.10. The van der Waals surface area contributed by atoms with Gasteiger partial charge in [-0.25, -0.2) is 0 Å². The van der Waals surface area contributed by atoms with E-state index in [1.165, 1.54) is 4.88 Å². The molecule has 2 heterocycles. The van der Waals surface area contributed by atoms with Crippen molar-refractivity contribution in [2.45, 2.75) is 32.2 Å². The molecule has 0 radical (unpaired) electrons. The second-order valence-electron chi connectivity index (χ2n) is 5.32. The predicted octanol–water partition coefficient (Wildman–Crippen LogP) is 4.44.